The Morgan fingerprint density at radius 3 is 0.957 bits per heavy atom. The van der Waals surface area contributed by atoms with Gasteiger partial charge in [-0.25, -0.2) is 0 Å². The van der Waals surface area contributed by atoms with Crippen molar-refractivity contribution in [2.24, 2.45) is 0 Å². The Balaban J connectivity index is 0.000000227. The largest absolute Gasteiger partial charge is 2.00 e. The van der Waals surface area contributed by atoms with E-state index in [1.807, 2.05) is 36.5 Å². The molecule has 0 N–H and O–H groups in total. The second kappa shape index (κ2) is 49.8. The zero-order chi connectivity index (χ0) is 89.1. The van der Waals surface area contributed by atoms with Gasteiger partial charge < -0.3 is 47.3 Å². The Bertz CT molecular complexity index is 8340. The van der Waals surface area contributed by atoms with Crippen molar-refractivity contribution in [3.05, 3.63) is 424 Å². The standard InChI is InChI=1S/C38H31N2.C32H35N2.C31H25N2.C20H13N2.4CH3.4Pt.4Y/c1-24(2)29-21-32(27-13-7-5-8-14-27)37(33(22-29)28-15-9-6-10-16-28)36-23-39-38-31-18-12-11-17-30(31)34-19-25(3)26(4)20-35(34)40(36)38;1-18(2)23-15-26(19(3)4)31(27(16-23)20(5)6)30-17-33-32-25-12-10-9-11-24(25)28-13-21(7)22(8)14-29(28)34(30)32;1-19-16-27-25-12-8-9-13-26(25)31-32-18-29(33(31)28(27)17-20(19)2)30-21(3)14-24(15-22(30)4)23-10-6-5-7-11-23;1-13-10-11-17-19(12-13)22-18-9-5-4-7-15(18)14-6-2-3-8-16(14)20(22)21-17;;;;;;;;;;;;/h5-17,19-24H,1-4H3;9-11,13-20H,1-8H3;5-12,14-18H,1-4H3;2-7,9-12H,1H3;4*1H3;;;;;;;;/q8*-1;4*+2;;;;. The molecule has 0 aliphatic rings. The molecule has 4 radical (unpaired) electrons. The summed E-state index contributed by atoms with van der Waals surface area (Å²) in [5.41, 5.74) is 42.4. The average Bonchev–Trinajstić information content (AvgIpc) is 1.58. The molecule has 0 spiro atoms. The summed E-state index contributed by atoms with van der Waals surface area (Å²) in [4.78, 5) is 19.9. The molecule has 23 rings (SSSR count). The van der Waals surface area contributed by atoms with Crippen molar-refractivity contribution in [1.82, 2.24) is 37.5 Å². The zero-order valence-electron chi connectivity index (χ0n) is 84.3. The van der Waals surface area contributed by atoms with Gasteiger partial charge in [-0.1, -0.05) is 247 Å². The van der Waals surface area contributed by atoms with Gasteiger partial charge in [0, 0.05) is 188 Å². The van der Waals surface area contributed by atoms with E-state index >= 15 is 0 Å². The number of nitrogens with zero attached hydrogens (tertiary/aromatic N) is 8. The SMILES string of the molecule is Cc1cc2c3ccc[c-]c3c3ncc(-c4c(-c5ccccc5)cc(C(C)C)cc4-c4ccccc4)n3c2cc1C.Cc1cc2c3ccc[c-]c3c3ncc(-c4c(C(C)C)cc(C(C)C)cc4C(C)C)n3c2cc1C.Cc1cc2c3ccc[c-]c3c3ncc(-c4c(C)cc(-c5ccccc5)cc4C)n3c2cc1C.Cc1ccc2nc3c4[c-]cccc4c4ccccc4n3c2c1.[CH3-].[CH3-].[CH3-].[CH3-].[Pt+2].[Pt+2].[Pt+2].[Pt+2].[Y].[Y].[Y].[Y]. The number of hydrogen-bond donors (Lipinski definition) is 0. The van der Waals surface area contributed by atoms with Crippen LogP contribution in [0.25, 0.3) is 187 Å². The third-order valence-electron chi connectivity index (χ3n) is 26.8. The fourth-order valence-electron chi connectivity index (χ4n) is 19.7. The molecular formula is C125H116N8Pt4Y4. The quantitative estimate of drug-likeness (QED) is 0.101. The number of hydrogen-bond acceptors (Lipinski definition) is 4. The van der Waals surface area contributed by atoms with Gasteiger partial charge in [0.1, 0.15) is 0 Å². The van der Waals surface area contributed by atoms with Crippen molar-refractivity contribution in [2.75, 3.05) is 0 Å². The Morgan fingerprint density at radius 2 is 0.574 bits per heavy atom. The molecule has 16 heteroatoms. The van der Waals surface area contributed by atoms with Crippen LogP contribution in [-0.2, 0) is 215 Å². The van der Waals surface area contributed by atoms with Crippen LogP contribution in [0.2, 0.25) is 0 Å². The van der Waals surface area contributed by atoms with Gasteiger partial charge in [0.2, 0.25) is 0 Å². The van der Waals surface area contributed by atoms with Crippen LogP contribution in [0.4, 0.5) is 0 Å². The molecule has 0 saturated carbocycles. The van der Waals surface area contributed by atoms with Gasteiger partial charge in [0.25, 0.3) is 0 Å². The molecule has 8 nitrogen and oxygen atoms in total. The molecule has 0 atom stereocenters. The first kappa shape index (κ1) is 119. The first-order chi connectivity index (χ1) is 62.5. The second-order valence-corrected chi connectivity index (χ2v) is 36.7. The molecule has 0 amide bonds. The summed E-state index contributed by atoms with van der Waals surface area (Å²) in [6.45, 7) is 38.1. The fourth-order valence-corrected chi connectivity index (χ4v) is 19.7. The first-order valence-electron chi connectivity index (χ1n) is 45.4. The van der Waals surface area contributed by atoms with Gasteiger partial charge in [0.05, 0.1) is 50.7 Å². The topological polar surface area (TPSA) is 69.2 Å². The van der Waals surface area contributed by atoms with Gasteiger partial charge in [-0.15, -0.1) is 119 Å². The van der Waals surface area contributed by atoms with E-state index in [9.17, 15) is 0 Å². The maximum atomic E-state index is 5.08. The van der Waals surface area contributed by atoms with Gasteiger partial charge in [0.15, 0.2) is 0 Å². The number of aryl methyl sites for hydroxylation is 9. The summed E-state index contributed by atoms with van der Waals surface area (Å²) in [7, 11) is 0. The van der Waals surface area contributed by atoms with Crippen LogP contribution in [0.3, 0.4) is 0 Å². The van der Waals surface area contributed by atoms with Crippen LogP contribution in [0.15, 0.2) is 298 Å². The molecule has 708 valence electrons. The van der Waals surface area contributed by atoms with Crippen molar-refractivity contribution in [3.63, 3.8) is 0 Å². The van der Waals surface area contributed by atoms with E-state index in [-0.39, 0.29) is 245 Å². The normalized spacial score (nSPS) is 10.9. The molecule has 0 bridgehead atoms. The molecule has 0 aliphatic heterocycles. The van der Waals surface area contributed by atoms with E-state index in [4.69, 9.17) is 19.9 Å². The smallest absolute Gasteiger partial charge is 0.358 e. The predicted molar refractivity (Wildman–Crippen MR) is 571 cm³/mol. The summed E-state index contributed by atoms with van der Waals surface area (Å²) in [5, 5.41) is 14.1. The predicted octanol–water partition coefficient (Wildman–Crippen LogP) is 34.0. The van der Waals surface area contributed by atoms with Crippen LogP contribution in [0, 0.1) is 116 Å². The van der Waals surface area contributed by atoms with Gasteiger partial charge in [-0.2, -0.15) is 0 Å². The minimum absolute atomic E-state index is 0. The Hall–Kier alpha value is -7.43. The minimum Gasteiger partial charge on any atom is -0.358 e. The van der Waals surface area contributed by atoms with Crippen molar-refractivity contribution < 1.29 is 215 Å². The number of imidazole rings is 4. The Kier molecular flexibility index (Phi) is 42.0. The summed E-state index contributed by atoms with van der Waals surface area (Å²) in [6, 6.07) is 114. The van der Waals surface area contributed by atoms with Crippen LogP contribution in [0.5, 0.6) is 0 Å². The van der Waals surface area contributed by atoms with Crippen LogP contribution < -0.4 is 0 Å². The number of pyridine rings is 4. The molecular weight excluding hydrogens is 2750 g/mol. The van der Waals surface area contributed by atoms with E-state index < -0.39 is 0 Å². The van der Waals surface area contributed by atoms with Crippen molar-refractivity contribution in [1.29, 1.82) is 0 Å². The Labute approximate surface area is 992 Å². The zero-order valence-corrected chi connectivity index (χ0v) is 105. The van der Waals surface area contributed by atoms with E-state index in [0.29, 0.717) is 23.7 Å². The number of fused-ring (bicyclic) bond motifs is 26. The van der Waals surface area contributed by atoms with Gasteiger partial charge in [-0.3, -0.25) is 19.9 Å². The third-order valence-corrected chi connectivity index (χ3v) is 26.8. The monoisotopic (exact) mass is 2860 g/mol. The van der Waals surface area contributed by atoms with E-state index in [2.05, 4.69) is 421 Å². The maximum Gasteiger partial charge on any atom is 2.00 e. The number of para-hydroxylation sites is 1. The number of aromatic nitrogens is 8. The van der Waals surface area contributed by atoms with Crippen LogP contribution in [0.1, 0.15) is 151 Å². The summed E-state index contributed by atoms with van der Waals surface area (Å²) < 4.78 is 9.35. The van der Waals surface area contributed by atoms with Crippen LogP contribution in [-0.4, -0.2) is 37.5 Å². The van der Waals surface area contributed by atoms with Crippen molar-refractivity contribution in [2.45, 2.75) is 141 Å². The second-order valence-electron chi connectivity index (χ2n) is 36.7. The van der Waals surface area contributed by atoms with E-state index in [1.54, 1.807) is 0 Å². The molecule has 0 unspecified atom stereocenters. The summed E-state index contributed by atoms with van der Waals surface area (Å²) in [5.74, 6) is 1.72. The molecule has 0 fully saturated rings. The van der Waals surface area contributed by atoms with E-state index in [1.165, 1.54) is 193 Å². The van der Waals surface area contributed by atoms with Gasteiger partial charge in [-0.05, 0) is 250 Å². The van der Waals surface area contributed by atoms with E-state index in [0.717, 1.165) is 66.6 Å². The summed E-state index contributed by atoms with van der Waals surface area (Å²) in [6.07, 6.45) is 6.18. The third kappa shape index (κ3) is 22.1. The molecule has 141 heavy (non-hydrogen) atoms. The molecule has 0 saturated heterocycles. The molecule has 8 aromatic heterocycles. The van der Waals surface area contributed by atoms with Gasteiger partial charge >= 0.3 is 84.3 Å². The van der Waals surface area contributed by atoms with Crippen LogP contribution >= 0.6 is 0 Å². The molecule has 0 aliphatic carbocycles. The fraction of sp³-hybridized carbons (Fsp3) is 0.168. The van der Waals surface area contributed by atoms with Crippen molar-refractivity contribution in [3.8, 4) is 67.2 Å². The van der Waals surface area contributed by atoms with Crippen molar-refractivity contribution >= 4 is 120 Å². The molecule has 23 aromatic rings. The average molecular weight is 2870 g/mol. The number of rotatable bonds is 10. The maximum absolute atomic E-state index is 5.08. The molecule has 8 heterocycles. The first-order valence-corrected chi connectivity index (χ1v) is 45.4. The summed E-state index contributed by atoms with van der Waals surface area (Å²) >= 11 is 0. The number of benzene rings is 15. The minimum atomic E-state index is 0. The molecule has 15 aromatic carbocycles. The Morgan fingerprint density at radius 1 is 0.248 bits per heavy atom.